The Morgan fingerprint density at radius 2 is 1.97 bits per heavy atom. The van der Waals surface area contributed by atoms with Crippen molar-refractivity contribution in [1.82, 2.24) is 15.0 Å². The molecule has 0 bridgehead atoms. The fourth-order valence-electron chi connectivity index (χ4n) is 3.12. The molecule has 0 radical (unpaired) electrons. The van der Waals surface area contributed by atoms with Crippen LogP contribution in [0.1, 0.15) is 0 Å². The van der Waals surface area contributed by atoms with Crippen molar-refractivity contribution < 1.29 is 17.7 Å². The van der Waals surface area contributed by atoms with Crippen molar-refractivity contribution in [2.24, 2.45) is 0 Å². The number of anilines is 2. The van der Waals surface area contributed by atoms with Crippen molar-refractivity contribution in [3.63, 3.8) is 0 Å². The lowest BCUT2D eigenvalue weighted by atomic mass is 10.1. The van der Waals surface area contributed by atoms with Gasteiger partial charge < -0.3 is 10.3 Å². The highest BCUT2D eigenvalue weighted by Gasteiger charge is 2.20. The number of aromatic nitrogens is 3. The molecule has 0 spiro atoms. The number of non-ortho nitro benzene ring substituents is 1. The number of rotatable bonds is 5. The fraction of sp³-hybridized carbons (Fsp3) is 0.0526. The topological polar surface area (TPSA) is 131 Å². The smallest absolute Gasteiger partial charge is 0.293 e. The first-order valence-electron chi connectivity index (χ1n) is 8.70. The van der Waals surface area contributed by atoms with Crippen LogP contribution in [0, 0.1) is 15.9 Å². The van der Waals surface area contributed by atoms with E-state index < -0.39 is 25.5 Å². The van der Waals surface area contributed by atoms with Crippen LogP contribution in [0.2, 0.25) is 5.02 Å². The molecule has 0 aliphatic rings. The molecule has 0 fully saturated rings. The number of fused-ring (bicyclic) bond motifs is 1. The Hall–Kier alpha value is -3.57. The Labute approximate surface area is 180 Å². The number of halogens is 2. The summed E-state index contributed by atoms with van der Waals surface area (Å²) in [6.45, 7) is 0. The molecule has 0 atom stereocenters. The van der Waals surface area contributed by atoms with Gasteiger partial charge in [-0.3, -0.25) is 10.1 Å². The molecule has 9 nitrogen and oxygen atoms in total. The largest absolute Gasteiger partial charge is 0.355 e. The third-order valence-corrected chi connectivity index (χ3v) is 5.89. The number of benzene rings is 2. The molecule has 0 amide bonds. The number of H-pyrrole nitrogens is 1. The van der Waals surface area contributed by atoms with Gasteiger partial charge in [-0.15, -0.1) is 0 Å². The third-order valence-electron chi connectivity index (χ3n) is 4.50. The lowest BCUT2D eigenvalue weighted by Crippen LogP contribution is -2.05. The average molecular weight is 462 g/mol. The van der Waals surface area contributed by atoms with E-state index in [1.165, 1.54) is 36.7 Å². The first-order chi connectivity index (χ1) is 14.7. The second-order valence-corrected chi connectivity index (χ2v) is 8.96. The molecule has 2 N–H and O–H groups in total. The van der Waals surface area contributed by atoms with E-state index in [2.05, 4.69) is 20.3 Å². The first kappa shape index (κ1) is 20.7. The van der Waals surface area contributed by atoms with Gasteiger partial charge in [-0.05, 0) is 12.1 Å². The number of hydrogen-bond acceptors (Lipinski definition) is 7. The van der Waals surface area contributed by atoms with Crippen LogP contribution in [-0.2, 0) is 9.84 Å². The van der Waals surface area contributed by atoms with Crippen LogP contribution in [0.25, 0.3) is 22.2 Å². The van der Waals surface area contributed by atoms with E-state index in [1.54, 1.807) is 6.07 Å². The molecule has 0 saturated carbocycles. The lowest BCUT2D eigenvalue weighted by molar-refractivity contribution is -0.383. The quantitative estimate of drug-likeness (QED) is 0.331. The number of hydrogen-bond donors (Lipinski definition) is 2. The monoisotopic (exact) mass is 461 g/mol. The van der Waals surface area contributed by atoms with Crippen molar-refractivity contribution in [3.05, 3.63) is 69.7 Å². The average Bonchev–Trinajstić information content (AvgIpc) is 3.14. The van der Waals surface area contributed by atoms with Gasteiger partial charge in [0.05, 0.1) is 27.5 Å². The number of para-hydroxylation sites is 1. The van der Waals surface area contributed by atoms with E-state index >= 15 is 0 Å². The molecule has 2 aromatic heterocycles. The second kappa shape index (κ2) is 7.60. The van der Waals surface area contributed by atoms with Gasteiger partial charge in [-0.25, -0.2) is 22.8 Å². The van der Waals surface area contributed by atoms with Gasteiger partial charge in [-0.1, -0.05) is 29.8 Å². The highest BCUT2D eigenvalue weighted by molar-refractivity contribution is 7.90. The maximum absolute atomic E-state index is 14.6. The van der Waals surface area contributed by atoms with E-state index in [0.717, 1.165) is 12.3 Å². The molecular formula is C19H13ClFN5O4S. The molecule has 12 heteroatoms. The van der Waals surface area contributed by atoms with Crippen molar-refractivity contribution in [1.29, 1.82) is 0 Å². The molecule has 4 aromatic rings. The highest BCUT2D eigenvalue weighted by Crippen LogP contribution is 2.36. The molecule has 158 valence electrons. The molecule has 2 heterocycles. The molecule has 0 aliphatic heterocycles. The molecule has 0 aliphatic carbocycles. The Morgan fingerprint density at radius 1 is 1.23 bits per heavy atom. The molecule has 0 unspecified atom stereocenters. The first-order valence-corrected chi connectivity index (χ1v) is 11.0. The number of nitro benzene ring substituents is 1. The van der Waals surface area contributed by atoms with Gasteiger partial charge in [0, 0.05) is 29.5 Å². The number of nitrogens with zero attached hydrogens (tertiary/aromatic N) is 3. The molecule has 31 heavy (non-hydrogen) atoms. The van der Waals surface area contributed by atoms with Crippen LogP contribution in [0.4, 0.5) is 21.7 Å². The van der Waals surface area contributed by atoms with Gasteiger partial charge in [0.15, 0.2) is 15.7 Å². The normalized spacial score (nSPS) is 11.6. The van der Waals surface area contributed by atoms with Gasteiger partial charge in [0.2, 0.25) is 5.95 Å². The Balaban J connectivity index is 1.79. The van der Waals surface area contributed by atoms with Crippen LogP contribution in [0.5, 0.6) is 0 Å². The number of nitrogens with one attached hydrogen (secondary N) is 2. The summed E-state index contributed by atoms with van der Waals surface area (Å²) in [4.78, 5) is 21.5. The molecule has 0 saturated heterocycles. The maximum Gasteiger partial charge on any atom is 0.293 e. The number of nitro groups is 1. The summed E-state index contributed by atoms with van der Waals surface area (Å²) in [5.74, 6) is -1.00. The van der Waals surface area contributed by atoms with Gasteiger partial charge in [-0.2, -0.15) is 0 Å². The zero-order valence-corrected chi connectivity index (χ0v) is 17.3. The van der Waals surface area contributed by atoms with Crippen LogP contribution >= 0.6 is 11.6 Å². The molecule has 4 rings (SSSR count). The van der Waals surface area contributed by atoms with Crippen molar-refractivity contribution >= 4 is 49.7 Å². The SMILES string of the molecule is CS(=O)(=O)c1cccc(Nc2ncc(Cl)c(-c3c[nH]c4c([N+](=O)[O-])cccc34)n2)c1F. The highest BCUT2D eigenvalue weighted by atomic mass is 35.5. The van der Waals surface area contributed by atoms with Crippen LogP contribution in [0.15, 0.2) is 53.7 Å². The number of aromatic amines is 1. The number of sulfone groups is 1. The lowest BCUT2D eigenvalue weighted by Gasteiger charge is -2.10. The Bertz CT molecular complexity index is 1460. The summed E-state index contributed by atoms with van der Waals surface area (Å²) in [5, 5.41) is 14.6. The fourth-order valence-corrected chi connectivity index (χ4v) is 4.07. The standard InChI is InChI=1S/C19H13ClFN5O4S/c1-31(29,30)15-7-3-5-13(16(15)21)24-19-23-9-12(20)17(25-19)11-8-22-18-10(11)4-2-6-14(18)26(27)28/h2-9,22H,1H3,(H,23,24,25). The zero-order chi connectivity index (χ0) is 22.3. The van der Waals surface area contributed by atoms with E-state index in [4.69, 9.17) is 11.6 Å². The van der Waals surface area contributed by atoms with Crippen molar-refractivity contribution in [2.75, 3.05) is 11.6 Å². The second-order valence-electron chi connectivity index (χ2n) is 6.56. The van der Waals surface area contributed by atoms with Crippen LogP contribution in [0.3, 0.4) is 0 Å². The van der Waals surface area contributed by atoms with Crippen LogP contribution < -0.4 is 5.32 Å². The zero-order valence-electron chi connectivity index (χ0n) is 15.8. The minimum atomic E-state index is -3.77. The summed E-state index contributed by atoms with van der Waals surface area (Å²) in [6.07, 6.45) is 3.73. The molecular weight excluding hydrogens is 449 g/mol. The van der Waals surface area contributed by atoms with Gasteiger partial charge in [0.1, 0.15) is 10.4 Å². The van der Waals surface area contributed by atoms with E-state index in [1.807, 2.05) is 0 Å². The van der Waals surface area contributed by atoms with Gasteiger partial charge in [0.25, 0.3) is 5.69 Å². The van der Waals surface area contributed by atoms with Crippen LogP contribution in [-0.4, -0.2) is 34.5 Å². The van der Waals surface area contributed by atoms with Crippen molar-refractivity contribution in [3.8, 4) is 11.3 Å². The maximum atomic E-state index is 14.6. The minimum absolute atomic E-state index is 0.0382. The predicted molar refractivity (Wildman–Crippen MR) is 114 cm³/mol. The minimum Gasteiger partial charge on any atom is -0.355 e. The van der Waals surface area contributed by atoms with E-state index in [-0.39, 0.29) is 28.0 Å². The Kier molecular flexibility index (Phi) is 5.07. The van der Waals surface area contributed by atoms with Gasteiger partial charge >= 0.3 is 0 Å². The van der Waals surface area contributed by atoms with E-state index in [9.17, 15) is 22.9 Å². The van der Waals surface area contributed by atoms with Crippen molar-refractivity contribution in [2.45, 2.75) is 4.90 Å². The summed E-state index contributed by atoms with van der Waals surface area (Å²) >= 11 is 6.26. The third kappa shape index (κ3) is 3.80. The molecule has 2 aromatic carbocycles. The predicted octanol–water partition coefficient (Wildman–Crippen LogP) is 4.47. The summed E-state index contributed by atoms with van der Waals surface area (Å²) in [6, 6.07) is 8.47. The van der Waals surface area contributed by atoms with E-state index in [0.29, 0.717) is 16.5 Å². The summed E-state index contributed by atoms with van der Waals surface area (Å²) in [5.41, 5.74) is 0.807. The summed E-state index contributed by atoms with van der Waals surface area (Å²) in [7, 11) is -3.77. The Morgan fingerprint density at radius 3 is 2.68 bits per heavy atom. The summed E-state index contributed by atoms with van der Waals surface area (Å²) < 4.78 is 38.1.